The second-order valence-corrected chi connectivity index (χ2v) is 8.48. The molecule has 1 aromatic carbocycles. The van der Waals surface area contributed by atoms with Crippen LogP contribution in [0, 0.1) is 11.8 Å². The monoisotopic (exact) mass is 426 g/mol. The van der Waals surface area contributed by atoms with Gasteiger partial charge in [-0.3, -0.25) is 9.20 Å². The standard InChI is InChI=1S/C21H23BrN4O/c1-13(2)10-23-20-21-24-11-17(26(21)12-19(22)25-20)15-5-7-16(8-6-15)18(27)9-14-3-4-14/h5-8,11-14H,3-4,9-10H2,1-2H3,(H,23,25). The van der Waals surface area contributed by atoms with Gasteiger partial charge in [-0.25, -0.2) is 9.97 Å². The van der Waals surface area contributed by atoms with Gasteiger partial charge in [-0.15, -0.1) is 0 Å². The van der Waals surface area contributed by atoms with Gasteiger partial charge in [0.1, 0.15) is 4.60 Å². The first-order valence-electron chi connectivity index (χ1n) is 9.42. The number of halogens is 1. The number of hydrogen-bond acceptors (Lipinski definition) is 4. The summed E-state index contributed by atoms with van der Waals surface area (Å²) in [6.07, 6.45) is 6.84. The molecule has 140 valence electrons. The van der Waals surface area contributed by atoms with E-state index in [9.17, 15) is 4.79 Å². The largest absolute Gasteiger partial charge is 0.367 e. The second kappa shape index (κ2) is 7.43. The summed E-state index contributed by atoms with van der Waals surface area (Å²) in [5.74, 6) is 2.13. The Labute approximate surface area is 167 Å². The van der Waals surface area contributed by atoms with E-state index in [1.165, 1.54) is 12.8 Å². The number of carbonyl (C=O) groups is 1. The van der Waals surface area contributed by atoms with Crippen LogP contribution < -0.4 is 5.32 Å². The van der Waals surface area contributed by atoms with Crippen LogP contribution in [0.3, 0.4) is 0 Å². The Bertz CT molecular complexity index is 974. The van der Waals surface area contributed by atoms with Crippen molar-refractivity contribution in [3.8, 4) is 11.3 Å². The SMILES string of the molecule is CC(C)CNc1nc(Br)cn2c(-c3ccc(C(=O)CC4CC4)cc3)cnc12. The maximum atomic E-state index is 12.3. The average Bonchev–Trinajstić information content (AvgIpc) is 3.36. The molecule has 0 amide bonds. The van der Waals surface area contributed by atoms with Crippen LogP contribution in [0.15, 0.2) is 41.3 Å². The Balaban J connectivity index is 1.64. The Morgan fingerprint density at radius 1 is 1.30 bits per heavy atom. The van der Waals surface area contributed by atoms with E-state index in [1.54, 1.807) is 0 Å². The normalized spacial score (nSPS) is 14.1. The predicted octanol–water partition coefficient (Wildman–Crippen LogP) is 5.21. The van der Waals surface area contributed by atoms with Crippen LogP contribution in [0.1, 0.15) is 43.5 Å². The Hall–Kier alpha value is -2.21. The fourth-order valence-electron chi connectivity index (χ4n) is 3.12. The maximum Gasteiger partial charge on any atom is 0.180 e. The van der Waals surface area contributed by atoms with Crippen molar-refractivity contribution in [2.75, 3.05) is 11.9 Å². The summed E-state index contributed by atoms with van der Waals surface area (Å²) < 4.78 is 2.78. The van der Waals surface area contributed by atoms with E-state index in [0.717, 1.165) is 39.4 Å². The van der Waals surface area contributed by atoms with Gasteiger partial charge in [0.25, 0.3) is 0 Å². The summed E-state index contributed by atoms with van der Waals surface area (Å²) in [5, 5.41) is 3.37. The van der Waals surface area contributed by atoms with Gasteiger partial charge < -0.3 is 5.32 Å². The number of nitrogens with zero attached hydrogens (tertiary/aromatic N) is 3. The number of benzene rings is 1. The highest BCUT2D eigenvalue weighted by molar-refractivity contribution is 9.10. The van der Waals surface area contributed by atoms with Gasteiger partial charge in [-0.2, -0.15) is 0 Å². The molecule has 2 aromatic heterocycles. The van der Waals surface area contributed by atoms with Crippen LogP contribution in [0.5, 0.6) is 0 Å². The maximum absolute atomic E-state index is 12.3. The number of aromatic nitrogens is 3. The molecule has 0 unspecified atom stereocenters. The third-order valence-corrected chi connectivity index (χ3v) is 5.20. The van der Waals surface area contributed by atoms with Crippen molar-refractivity contribution in [2.45, 2.75) is 33.1 Å². The number of hydrogen-bond donors (Lipinski definition) is 1. The number of imidazole rings is 1. The summed E-state index contributed by atoms with van der Waals surface area (Å²) in [7, 11) is 0. The molecule has 27 heavy (non-hydrogen) atoms. The van der Waals surface area contributed by atoms with Gasteiger partial charge in [0.05, 0.1) is 11.9 Å². The highest BCUT2D eigenvalue weighted by Gasteiger charge is 2.24. The number of nitrogens with one attached hydrogen (secondary N) is 1. The molecule has 6 heteroatoms. The molecule has 5 nitrogen and oxygen atoms in total. The highest BCUT2D eigenvalue weighted by atomic mass is 79.9. The number of anilines is 1. The fraction of sp³-hybridized carbons (Fsp3) is 0.381. The van der Waals surface area contributed by atoms with Gasteiger partial charge in [0.15, 0.2) is 17.2 Å². The second-order valence-electron chi connectivity index (χ2n) is 7.67. The zero-order valence-electron chi connectivity index (χ0n) is 15.6. The molecule has 0 bridgehead atoms. The fourth-order valence-corrected chi connectivity index (χ4v) is 3.50. The number of carbonyl (C=O) groups excluding carboxylic acids is 1. The van der Waals surface area contributed by atoms with Crippen molar-refractivity contribution in [3.05, 3.63) is 46.8 Å². The van der Waals surface area contributed by atoms with Gasteiger partial charge in [-0.1, -0.05) is 38.1 Å². The summed E-state index contributed by atoms with van der Waals surface area (Å²) >= 11 is 3.50. The zero-order chi connectivity index (χ0) is 19.0. The van der Waals surface area contributed by atoms with Crippen LogP contribution in [-0.2, 0) is 0 Å². The third-order valence-electron chi connectivity index (χ3n) is 4.81. The van der Waals surface area contributed by atoms with Crippen molar-refractivity contribution in [1.29, 1.82) is 0 Å². The van der Waals surface area contributed by atoms with E-state index in [0.29, 0.717) is 18.3 Å². The minimum atomic E-state index is 0.245. The van der Waals surface area contributed by atoms with E-state index >= 15 is 0 Å². The summed E-state index contributed by atoms with van der Waals surface area (Å²) in [6.45, 7) is 5.15. The molecule has 1 aliphatic carbocycles. The molecule has 1 fully saturated rings. The first-order valence-corrected chi connectivity index (χ1v) is 10.2. The topological polar surface area (TPSA) is 59.3 Å². The molecule has 0 aliphatic heterocycles. The zero-order valence-corrected chi connectivity index (χ0v) is 17.2. The lowest BCUT2D eigenvalue weighted by Gasteiger charge is -2.10. The van der Waals surface area contributed by atoms with Gasteiger partial charge >= 0.3 is 0 Å². The molecule has 3 aromatic rings. The van der Waals surface area contributed by atoms with Crippen molar-refractivity contribution in [1.82, 2.24) is 14.4 Å². The average molecular weight is 427 g/mol. The van der Waals surface area contributed by atoms with Crippen molar-refractivity contribution in [3.63, 3.8) is 0 Å². The smallest absolute Gasteiger partial charge is 0.180 e. The summed E-state index contributed by atoms with van der Waals surface area (Å²) in [6, 6.07) is 7.85. The van der Waals surface area contributed by atoms with Gasteiger partial charge in [0.2, 0.25) is 0 Å². The van der Waals surface area contributed by atoms with Crippen LogP contribution in [0.4, 0.5) is 5.82 Å². The Morgan fingerprint density at radius 3 is 2.70 bits per heavy atom. The first kappa shape index (κ1) is 18.2. The number of ketones is 1. The van der Waals surface area contributed by atoms with E-state index in [1.807, 2.05) is 41.1 Å². The lowest BCUT2D eigenvalue weighted by Crippen LogP contribution is -2.10. The molecule has 4 rings (SSSR count). The predicted molar refractivity (Wildman–Crippen MR) is 111 cm³/mol. The molecule has 0 saturated heterocycles. The molecule has 0 atom stereocenters. The molecular weight excluding hydrogens is 404 g/mol. The van der Waals surface area contributed by atoms with Gasteiger partial charge in [-0.05, 0) is 40.6 Å². The van der Waals surface area contributed by atoms with Crippen LogP contribution in [0.25, 0.3) is 16.9 Å². The molecular formula is C21H23BrN4O. The van der Waals surface area contributed by atoms with E-state index in [2.05, 4.69) is 45.1 Å². The minimum absolute atomic E-state index is 0.245. The van der Waals surface area contributed by atoms with Crippen LogP contribution in [0.2, 0.25) is 0 Å². The Kier molecular flexibility index (Phi) is 5.00. The first-order chi connectivity index (χ1) is 13.0. The lowest BCUT2D eigenvalue weighted by molar-refractivity contribution is 0.0976. The number of rotatable bonds is 7. The number of Topliss-reactive ketones (excluding diaryl/α,β-unsaturated/α-hetero) is 1. The molecule has 0 radical (unpaired) electrons. The van der Waals surface area contributed by atoms with Crippen molar-refractivity contribution >= 4 is 33.2 Å². The van der Waals surface area contributed by atoms with Crippen LogP contribution >= 0.6 is 15.9 Å². The van der Waals surface area contributed by atoms with E-state index in [-0.39, 0.29) is 5.78 Å². The molecule has 2 heterocycles. The molecule has 1 N–H and O–H groups in total. The quantitative estimate of drug-likeness (QED) is 0.526. The van der Waals surface area contributed by atoms with Crippen molar-refractivity contribution in [2.24, 2.45) is 11.8 Å². The van der Waals surface area contributed by atoms with E-state index < -0.39 is 0 Å². The van der Waals surface area contributed by atoms with Crippen molar-refractivity contribution < 1.29 is 4.79 Å². The third kappa shape index (κ3) is 4.05. The summed E-state index contributed by atoms with van der Waals surface area (Å²) in [4.78, 5) is 21.4. The summed E-state index contributed by atoms with van der Waals surface area (Å²) in [5.41, 5.74) is 3.59. The van der Waals surface area contributed by atoms with Crippen LogP contribution in [-0.4, -0.2) is 26.7 Å². The molecule has 1 aliphatic rings. The Morgan fingerprint density at radius 2 is 2.04 bits per heavy atom. The number of fused-ring (bicyclic) bond motifs is 1. The van der Waals surface area contributed by atoms with Gasteiger partial charge in [0, 0.05) is 30.3 Å². The minimum Gasteiger partial charge on any atom is -0.367 e. The highest BCUT2D eigenvalue weighted by Crippen LogP contribution is 2.34. The van der Waals surface area contributed by atoms with E-state index in [4.69, 9.17) is 0 Å². The lowest BCUT2D eigenvalue weighted by atomic mass is 10.0. The molecule has 0 spiro atoms. The molecule has 1 saturated carbocycles.